The molecule has 8 heteroatoms. The number of rotatable bonds is 8. The minimum atomic E-state index is -4.14. The summed E-state index contributed by atoms with van der Waals surface area (Å²) in [6.45, 7) is 3.11. The van der Waals surface area contributed by atoms with Gasteiger partial charge in [-0.15, -0.1) is 0 Å². The van der Waals surface area contributed by atoms with E-state index in [1.807, 2.05) is 30.3 Å². The molecule has 0 aromatic heterocycles. The molecular weight excluding hydrogens is 370 g/mol. The number of esters is 2. The van der Waals surface area contributed by atoms with Gasteiger partial charge in [0.25, 0.3) is 0 Å². The van der Waals surface area contributed by atoms with Crippen molar-refractivity contribution in [2.24, 2.45) is 0 Å². The highest BCUT2D eigenvalue weighted by Crippen LogP contribution is 2.21. The van der Waals surface area contributed by atoms with E-state index in [0.717, 1.165) is 11.1 Å². The third-order valence-corrected chi connectivity index (χ3v) is 5.03. The Kier molecular flexibility index (Phi) is 7.09. The maximum absolute atomic E-state index is 12.6. The van der Waals surface area contributed by atoms with Gasteiger partial charge in [0.2, 0.25) is 16.1 Å². The van der Waals surface area contributed by atoms with Gasteiger partial charge in [-0.25, -0.2) is 18.0 Å². The highest BCUT2D eigenvalue weighted by atomic mass is 32.2. The second-order valence-corrected chi connectivity index (χ2v) is 7.16. The lowest BCUT2D eigenvalue weighted by Crippen LogP contribution is -2.48. The summed E-state index contributed by atoms with van der Waals surface area (Å²) < 4.78 is 36.8. The van der Waals surface area contributed by atoms with Gasteiger partial charge in [0, 0.05) is 0 Å². The molecule has 0 unspecified atom stereocenters. The van der Waals surface area contributed by atoms with Crippen LogP contribution in [-0.2, 0) is 29.1 Å². The fraction of sp³-hybridized carbons (Fsp3) is 0.263. The molecule has 0 radical (unpaired) electrons. The van der Waals surface area contributed by atoms with Crippen molar-refractivity contribution in [2.45, 2.75) is 24.8 Å². The van der Waals surface area contributed by atoms with Gasteiger partial charge < -0.3 is 9.47 Å². The number of sulfonamides is 1. The molecule has 0 fully saturated rings. The molecule has 0 bridgehead atoms. The molecule has 2 rings (SSSR count). The number of nitrogens with one attached hydrogen (secondary N) is 1. The van der Waals surface area contributed by atoms with Crippen molar-refractivity contribution in [1.29, 1.82) is 0 Å². The van der Waals surface area contributed by atoms with E-state index < -0.39 is 28.0 Å². The summed E-state index contributed by atoms with van der Waals surface area (Å²) in [5.74, 6) is -2.03. The molecule has 0 amide bonds. The minimum Gasteiger partial charge on any atom is -0.464 e. The van der Waals surface area contributed by atoms with E-state index in [9.17, 15) is 18.0 Å². The molecule has 144 valence electrons. The Morgan fingerprint density at radius 2 is 1.33 bits per heavy atom. The molecule has 7 nitrogen and oxygen atoms in total. The SMILES string of the molecule is CCOC(=O)C(NS(=O)(=O)c1ccc(-c2ccccc2)cc1)C(=O)OCC. The first-order chi connectivity index (χ1) is 12.9. The maximum atomic E-state index is 12.6. The van der Waals surface area contributed by atoms with Gasteiger partial charge in [-0.3, -0.25) is 0 Å². The Bertz CT molecular complexity index is 860. The molecule has 1 N–H and O–H groups in total. The van der Waals surface area contributed by atoms with E-state index in [0.29, 0.717) is 0 Å². The fourth-order valence-electron chi connectivity index (χ4n) is 2.32. The summed E-state index contributed by atoms with van der Waals surface area (Å²) in [6.07, 6.45) is 0. The molecule has 0 saturated heterocycles. The van der Waals surface area contributed by atoms with E-state index in [1.165, 1.54) is 12.1 Å². The van der Waals surface area contributed by atoms with Crippen molar-refractivity contribution in [3.05, 3.63) is 54.6 Å². The van der Waals surface area contributed by atoms with Crippen LogP contribution in [0, 0.1) is 0 Å². The summed E-state index contributed by atoms with van der Waals surface area (Å²) in [6, 6.07) is 13.8. The average molecular weight is 391 g/mol. The molecule has 0 aliphatic rings. The largest absolute Gasteiger partial charge is 0.464 e. The van der Waals surface area contributed by atoms with Gasteiger partial charge in [-0.2, -0.15) is 4.72 Å². The van der Waals surface area contributed by atoms with Crippen LogP contribution in [-0.4, -0.2) is 39.6 Å². The third-order valence-electron chi connectivity index (χ3n) is 3.59. The molecule has 2 aromatic carbocycles. The van der Waals surface area contributed by atoms with Gasteiger partial charge in [0.15, 0.2) is 0 Å². The van der Waals surface area contributed by atoms with Crippen LogP contribution >= 0.6 is 0 Å². The first kappa shape index (κ1) is 20.6. The molecule has 2 aromatic rings. The third kappa shape index (κ3) is 5.38. The van der Waals surface area contributed by atoms with Crippen molar-refractivity contribution in [3.63, 3.8) is 0 Å². The number of hydrogen-bond acceptors (Lipinski definition) is 6. The molecular formula is C19H21NO6S. The van der Waals surface area contributed by atoms with Crippen molar-refractivity contribution in [3.8, 4) is 11.1 Å². The Morgan fingerprint density at radius 1 is 0.852 bits per heavy atom. The Morgan fingerprint density at radius 3 is 1.81 bits per heavy atom. The average Bonchev–Trinajstić information content (AvgIpc) is 2.67. The van der Waals surface area contributed by atoms with Crippen LogP contribution in [0.25, 0.3) is 11.1 Å². The Labute approximate surface area is 158 Å². The highest BCUT2D eigenvalue weighted by Gasteiger charge is 2.34. The van der Waals surface area contributed by atoms with Crippen LogP contribution in [0.5, 0.6) is 0 Å². The van der Waals surface area contributed by atoms with E-state index in [2.05, 4.69) is 4.72 Å². The molecule has 0 saturated carbocycles. The predicted molar refractivity (Wildman–Crippen MR) is 99.3 cm³/mol. The van der Waals surface area contributed by atoms with Crippen LogP contribution < -0.4 is 4.72 Å². The standard InChI is InChI=1S/C19H21NO6S/c1-3-25-18(21)17(19(22)26-4-2)20-27(23,24)16-12-10-15(11-13-16)14-8-6-5-7-9-14/h5-13,17,20H,3-4H2,1-2H3. The zero-order valence-corrected chi connectivity index (χ0v) is 15.9. The highest BCUT2D eigenvalue weighted by molar-refractivity contribution is 7.89. The van der Waals surface area contributed by atoms with Gasteiger partial charge in [0.1, 0.15) is 0 Å². The number of carbonyl (C=O) groups excluding carboxylic acids is 2. The summed E-state index contributed by atoms with van der Waals surface area (Å²) in [5, 5.41) is 0. The summed E-state index contributed by atoms with van der Waals surface area (Å²) >= 11 is 0. The lowest BCUT2D eigenvalue weighted by molar-refractivity contribution is -0.157. The zero-order valence-electron chi connectivity index (χ0n) is 15.0. The van der Waals surface area contributed by atoms with E-state index in [-0.39, 0.29) is 18.1 Å². The van der Waals surface area contributed by atoms with Crippen molar-refractivity contribution in [1.82, 2.24) is 4.72 Å². The lowest BCUT2D eigenvalue weighted by atomic mass is 10.1. The monoisotopic (exact) mass is 391 g/mol. The van der Waals surface area contributed by atoms with E-state index in [1.54, 1.807) is 26.0 Å². The Balaban J connectivity index is 2.24. The summed E-state index contributed by atoms with van der Waals surface area (Å²) in [7, 11) is -4.14. The van der Waals surface area contributed by atoms with Gasteiger partial charge in [-0.1, -0.05) is 42.5 Å². The summed E-state index contributed by atoms with van der Waals surface area (Å²) in [4.78, 5) is 23.8. The zero-order chi connectivity index (χ0) is 19.9. The van der Waals surface area contributed by atoms with Crippen LogP contribution in [0.4, 0.5) is 0 Å². The van der Waals surface area contributed by atoms with Crippen molar-refractivity contribution >= 4 is 22.0 Å². The first-order valence-electron chi connectivity index (χ1n) is 8.40. The molecule has 0 aliphatic heterocycles. The number of ether oxygens (including phenoxy) is 2. The molecule has 27 heavy (non-hydrogen) atoms. The quantitative estimate of drug-likeness (QED) is 0.547. The number of carbonyl (C=O) groups is 2. The number of benzene rings is 2. The van der Waals surface area contributed by atoms with Gasteiger partial charge in [0.05, 0.1) is 18.1 Å². The smallest absolute Gasteiger partial charge is 0.335 e. The van der Waals surface area contributed by atoms with Crippen LogP contribution in [0.3, 0.4) is 0 Å². The topological polar surface area (TPSA) is 98.8 Å². The van der Waals surface area contributed by atoms with Crippen molar-refractivity contribution < 1.29 is 27.5 Å². The first-order valence-corrected chi connectivity index (χ1v) is 9.88. The second kappa shape index (κ2) is 9.29. The minimum absolute atomic E-state index is 0.00222. The maximum Gasteiger partial charge on any atom is 0.335 e. The van der Waals surface area contributed by atoms with Crippen LogP contribution in [0.15, 0.2) is 59.5 Å². The normalized spacial score (nSPS) is 11.2. The van der Waals surface area contributed by atoms with E-state index in [4.69, 9.17) is 9.47 Å². The predicted octanol–water partition coefficient (Wildman–Crippen LogP) is 2.13. The van der Waals surface area contributed by atoms with Crippen LogP contribution in [0.1, 0.15) is 13.8 Å². The molecule has 0 heterocycles. The summed E-state index contributed by atoms with van der Waals surface area (Å²) in [5.41, 5.74) is 1.77. The van der Waals surface area contributed by atoms with Gasteiger partial charge in [-0.05, 0) is 37.1 Å². The lowest BCUT2D eigenvalue weighted by Gasteiger charge is -2.16. The van der Waals surface area contributed by atoms with Gasteiger partial charge >= 0.3 is 11.9 Å². The number of hydrogen-bond donors (Lipinski definition) is 1. The molecule has 0 atom stereocenters. The van der Waals surface area contributed by atoms with E-state index >= 15 is 0 Å². The molecule has 0 spiro atoms. The fourth-order valence-corrected chi connectivity index (χ4v) is 3.46. The molecule has 0 aliphatic carbocycles. The van der Waals surface area contributed by atoms with Crippen molar-refractivity contribution in [2.75, 3.05) is 13.2 Å². The van der Waals surface area contributed by atoms with Crippen LogP contribution in [0.2, 0.25) is 0 Å². The Hall–Kier alpha value is -2.71. The second-order valence-electron chi connectivity index (χ2n) is 5.45.